The van der Waals surface area contributed by atoms with Crippen LogP contribution in [0.2, 0.25) is 0 Å². The monoisotopic (exact) mass is 654 g/mol. The molecule has 47 heavy (non-hydrogen) atoms. The lowest BCUT2D eigenvalue weighted by Crippen LogP contribution is -2.58. The highest BCUT2D eigenvalue weighted by Crippen LogP contribution is 2.39. The van der Waals surface area contributed by atoms with Gasteiger partial charge >= 0.3 is 0 Å². The van der Waals surface area contributed by atoms with Crippen molar-refractivity contribution in [2.45, 2.75) is 110 Å². The zero-order chi connectivity index (χ0) is 34.0. The highest BCUT2D eigenvalue weighted by molar-refractivity contribution is 5.94. The highest BCUT2D eigenvalue weighted by Gasteiger charge is 2.45. The zero-order valence-electron chi connectivity index (χ0n) is 29.6. The predicted molar refractivity (Wildman–Crippen MR) is 181 cm³/mol. The minimum Gasteiger partial charge on any atom is -0.340 e. The standard InChI is InChI=1S/C37H56F2N6O2/c1-25(2)44(35(46)28-20-40-45(21-28)26(3)4)24-34(27-11-9-8-10-12-27)41-15-17-42(18-16-41)36(47)32-23-43(37(5,6)7)22-31(32)30-14-13-29(38)19-33(30)39/h13-14,19-21,25-27,31-32,34H,8-12,15-18,22-24H2,1-7H3/t31-,32+,34?/m0/s1. The van der Waals surface area contributed by atoms with Gasteiger partial charge in [-0.1, -0.05) is 25.3 Å². The molecule has 3 heterocycles. The topological polar surface area (TPSA) is 64.9 Å². The Labute approximate surface area is 280 Å². The Bertz CT molecular complexity index is 1370. The third-order valence-electron chi connectivity index (χ3n) is 10.9. The number of hydrogen-bond donors (Lipinski definition) is 0. The van der Waals surface area contributed by atoms with Crippen molar-refractivity contribution >= 4 is 11.8 Å². The van der Waals surface area contributed by atoms with Crippen LogP contribution in [0.3, 0.4) is 0 Å². The lowest BCUT2D eigenvalue weighted by Gasteiger charge is -2.46. The molecule has 1 unspecified atom stereocenters. The fourth-order valence-corrected chi connectivity index (χ4v) is 7.94. The Morgan fingerprint density at radius 1 is 0.979 bits per heavy atom. The average Bonchev–Trinajstić information content (AvgIpc) is 3.70. The summed E-state index contributed by atoms with van der Waals surface area (Å²) in [4.78, 5) is 36.8. The van der Waals surface area contributed by atoms with Crippen molar-refractivity contribution in [2.75, 3.05) is 45.8 Å². The molecule has 2 aromatic rings. The van der Waals surface area contributed by atoms with Gasteiger partial charge in [-0.2, -0.15) is 5.10 Å². The van der Waals surface area contributed by atoms with Crippen LogP contribution in [0.25, 0.3) is 0 Å². The number of benzene rings is 1. The number of likely N-dealkylation sites (tertiary alicyclic amines) is 1. The first kappa shape index (κ1) is 35.5. The molecule has 0 bridgehead atoms. The van der Waals surface area contributed by atoms with Gasteiger partial charge in [0, 0.05) is 87.7 Å². The number of carbonyl (C=O) groups is 2. The van der Waals surface area contributed by atoms with Crippen LogP contribution in [0.4, 0.5) is 8.78 Å². The molecule has 0 N–H and O–H groups in total. The third kappa shape index (κ3) is 8.07. The van der Waals surface area contributed by atoms with Crippen molar-refractivity contribution in [3.63, 3.8) is 0 Å². The Balaban J connectivity index is 1.31. The van der Waals surface area contributed by atoms with Crippen LogP contribution in [-0.2, 0) is 4.79 Å². The predicted octanol–water partition coefficient (Wildman–Crippen LogP) is 6.20. The fourth-order valence-electron chi connectivity index (χ4n) is 7.94. The Morgan fingerprint density at radius 3 is 2.23 bits per heavy atom. The van der Waals surface area contributed by atoms with Crippen LogP contribution >= 0.6 is 0 Å². The Hall–Kier alpha value is -2.85. The van der Waals surface area contributed by atoms with Gasteiger partial charge in [0.05, 0.1) is 17.7 Å². The van der Waals surface area contributed by atoms with Crippen LogP contribution in [0.5, 0.6) is 0 Å². The maximum absolute atomic E-state index is 15.1. The van der Waals surface area contributed by atoms with Crippen LogP contribution in [0, 0.1) is 23.5 Å². The molecule has 3 atom stereocenters. The van der Waals surface area contributed by atoms with Gasteiger partial charge in [-0.15, -0.1) is 0 Å². The minimum atomic E-state index is -0.605. The van der Waals surface area contributed by atoms with E-state index in [2.05, 4.69) is 63.4 Å². The molecule has 2 saturated heterocycles. The summed E-state index contributed by atoms with van der Waals surface area (Å²) in [5.74, 6) is -1.34. The largest absolute Gasteiger partial charge is 0.340 e. The van der Waals surface area contributed by atoms with E-state index >= 15 is 4.39 Å². The van der Waals surface area contributed by atoms with Crippen molar-refractivity contribution in [3.05, 3.63) is 53.4 Å². The molecule has 0 radical (unpaired) electrons. The summed E-state index contributed by atoms with van der Waals surface area (Å²) in [6.45, 7) is 19.1. The number of hydrogen-bond acceptors (Lipinski definition) is 5. The van der Waals surface area contributed by atoms with E-state index in [-0.39, 0.29) is 41.4 Å². The molecule has 260 valence electrons. The fraction of sp³-hybridized carbons (Fsp3) is 0.703. The lowest BCUT2D eigenvalue weighted by atomic mass is 9.82. The molecule has 2 amide bonds. The number of carbonyl (C=O) groups excluding carboxylic acids is 2. The summed E-state index contributed by atoms with van der Waals surface area (Å²) in [5, 5.41) is 4.43. The molecule has 10 heteroatoms. The van der Waals surface area contributed by atoms with Crippen molar-refractivity contribution in [1.29, 1.82) is 0 Å². The second kappa shape index (κ2) is 14.7. The second-order valence-corrected chi connectivity index (χ2v) is 15.6. The SMILES string of the molecule is CC(C)N(CC(C1CCCCC1)N1CCN(C(=O)[C@@H]2CN(C(C)(C)C)C[C@H]2c2ccc(F)cc2F)CC1)C(=O)c1cnn(C(C)C)c1. The quantitative estimate of drug-likeness (QED) is 0.322. The molecule has 3 fully saturated rings. The molecule has 5 rings (SSSR count). The van der Waals surface area contributed by atoms with Crippen LogP contribution in [-0.4, -0.2) is 105 Å². The summed E-state index contributed by atoms with van der Waals surface area (Å²) in [6, 6.07) is 4.18. The normalized spacial score (nSPS) is 22.7. The molecule has 3 aliphatic rings. The maximum Gasteiger partial charge on any atom is 0.257 e. The van der Waals surface area contributed by atoms with Gasteiger partial charge in [-0.3, -0.25) is 24.1 Å². The molecular weight excluding hydrogens is 598 g/mol. The van der Waals surface area contributed by atoms with E-state index in [0.29, 0.717) is 49.8 Å². The van der Waals surface area contributed by atoms with Gasteiger partial charge in [-0.25, -0.2) is 8.78 Å². The van der Waals surface area contributed by atoms with Crippen LogP contribution in [0.1, 0.15) is 108 Å². The summed E-state index contributed by atoms with van der Waals surface area (Å²) in [7, 11) is 0. The van der Waals surface area contributed by atoms with Crippen molar-refractivity contribution in [3.8, 4) is 0 Å². The van der Waals surface area contributed by atoms with E-state index in [9.17, 15) is 14.0 Å². The van der Waals surface area contributed by atoms with E-state index in [1.165, 1.54) is 31.4 Å². The number of nitrogens with zero attached hydrogens (tertiary/aromatic N) is 6. The summed E-state index contributed by atoms with van der Waals surface area (Å²) >= 11 is 0. The van der Waals surface area contributed by atoms with Gasteiger partial charge in [0.2, 0.25) is 5.91 Å². The molecule has 2 aliphatic heterocycles. The number of rotatable bonds is 9. The average molecular weight is 655 g/mol. The number of aromatic nitrogens is 2. The highest BCUT2D eigenvalue weighted by atomic mass is 19.1. The van der Waals surface area contributed by atoms with Gasteiger partial charge in [0.1, 0.15) is 11.6 Å². The van der Waals surface area contributed by atoms with E-state index in [1.807, 2.05) is 20.7 Å². The zero-order valence-corrected chi connectivity index (χ0v) is 29.6. The smallest absolute Gasteiger partial charge is 0.257 e. The molecule has 8 nitrogen and oxygen atoms in total. The summed E-state index contributed by atoms with van der Waals surface area (Å²) in [6.07, 6.45) is 9.54. The molecule has 1 aliphatic carbocycles. The van der Waals surface area contributed by atoms with Crippen LogP contribution < -0.4 is 0 Å². The molecule has 1 aromatic heterocycles. The van der Waals surface area contributed by atoms with E-state index < -0.39 is 17.6 Å². The summed E-state index contributed by atoms with van der Waals surface area (Å²) in [5.41, 5.74) is 0.867. The second-order valence-electron chi connectivity index (χ2n) is 15.6. The van der Waals surface area contributed by atoms with Crippen molar-refractivity contribution in [2.24, 2.45) is 11.8 Å². The summed E-state index contributed by atoms with van der Waals surface area (Å²) < 4.78 is 30.7. The van der Waals surface area contributed by atoms with Crippen LogP contribution in [0.15, 0.2) is 30.6 Å². The molecule has 1 saturated carbocycles. The lowest BCUT2D eigenvalue weighted by molar-refractivity contribution is -0.138. The van der Waals surface area contributed by atoms with Gasteiger partial charge < -0.3 is 9.80 Å². The third-order valence-corrected chi connectivity index (χ3v) is 10.9. The van der Waals surface area contributed by atoms with E-state index in [4.69, 9.17) is 0 Å². The maximum atomic E-state index is 15.1. The molecular formula is C37H56F2N6O2. The van der Waals surface area contributed by atoms with Crippen molar-refractivity contribution < 1.29 is 18.4 Å². The Morgan fingerprint density at radius 2 is 1.66 bits per heavy atom. The number of piperazine rings is 1. The first-order valence-corrected chi connectivity index (χ1v) is 17.8. The van der Waals surface area contributed by atoms with E-state index in [1.54, 1.807) is 6.20 Å². The van der Waals surface area contributed by atoms with Gasteiger partial charge in [0.15, 0.2) is 0 Å². The Kier molecular flexibility index (Phi) is 11.1. The number of amides is 2. The molecule has 1 aromatic carbocycles. The van der Waals surface area contributed by atoms with Gasteiger partial charge in [-0.05, 0) is 78.9 Å². The first-order chi connectivity index (χ1) is 22.2. The van der Waals surface area contributed by atoms with Gasteiger partial charge in [0.25, 0.3) is 5.91 Å². The number of halogens is 2. The minimum absolute atomic E-state index is 0.0187. The van der Waals surface area contributed by atoms with E-state index in [0.717, 1.165) is 32.0 Å². The van der Waals surface area contributed by atoms with Crippen molar-refractivity contribution in [1.82, 2.24) is 29.4 Å². The first-order valence-electron chi connectivity index (χ1n) is 17.8. The molecule has 0 spiro atoms.